The fraction of sp³-hybridized carbons (Fsp3) is 0.294. The lowest BCUT2D eigenvalue weighted by molar-refractivity contribution is -0.137. The number of nitrogens with one attached hydrogen (secondary N) is 2. The standard InChI is InChI=1S/C17H19N3O5S3/c1-10-7-12-13(18-17(26)25-10)8-11(24-5-4-15(21)22)9-14(12)19-20(23)28-16-3-2-6-27-16/h2-3,6,8-10,19,23H,4-5,7H2,1H3,(H,18,26)(H,21,22). The van der Waals surface area contributed by atoms with Crippen LogP contribution in [0.15, 0.2) is 33.9 Å². The molecule has 1 unspecified atom stereocenters. The predicted molar refractivity (Wildman–Crippen MR) is 112 cm³/mol. The number of fused-ring (bicyclic) bond motifs is 1. The summed E-state index contributed by atoms with van der Waals surface area (Å²) in [4.78, 5) is 10.7. The Bertz CT molecular complexity index is 847. The molecule has 2 heterocycles. The quantitative estimate of drug-likeness (QED) is 0.273. The van der Waals surface area contributed by atoms with Gasteiger partial charge in [-0.15, -0.1) is 11.3 Å². The van der Waals surface area contributed by atoms with Gasteiger partial charge >= 0.3 is 5.97 Å². The third kappa shape index (κ3) is 5.72. The van der Waals surface area contributed by atoms with Crippen molar-refractivity contribution in [2.24, 2.45) is 0 Å². The summed E-state index contributed by atoms with van der Waals surface area (Å²) in [6.07, 6.45) is 0.279. The molecule has 3 rings (SSSR count). The van der Waals surface area contributed by atoms with Gasteiger partial charge in [-0.25, -0.2) is 0 Å². The molecule has 8 nitrogen and oxygen atoms in total. The van der Waals surface area contributed by atoms with Crippen molar-refractivity contribution < 1.29 is 24.6 Å². The predicted octanol–water partition coefficient (Wildman–Crippen LogP) is 3.99. The average Bonchev–Trinajstić information content (AvgIpc) is 3.04. The van der Waals surface area contributed by atoms with Gasteiger partial charge in [-0.2, -0.15) is 0 Å². The van der Waals surface area contributed by atoms with Crippen molar-refractivity contribution in [3.8, 4) is 5.75 Å². The van der Waals surface area contributed by atoms with Gasteiger partial charge in [0.1, 0.15) is 11.9 Å². The van der Waals surface area contributed by atoms with Gasteiger partial charge in [0.25, 0.3) is 5.17 Å². The Morgan fingerprint density at radius 2 is 2.39 bits per heavy atom. The molecule has 0 radical (unpaired) electrons. The Balaban J connectivity index is 1.85. The number of hydrogen-bond acceptors (Lipinski definition) is 9. The maximum atomic E-state index is 10.7. The number of rotatable bonds is 8. The Hall–Kier alpha value is -2.05. The third-order valence-electron chi connectivity index (χ3n) is 3.73. The highest BCUT2D eigenvalue weighted by molar-refractivity contribution is 7.98. The first kappa shape index (κ1) is 20.7. The summed E-state index contributed by atoms with van der Waals surface area (Å²) in [6, 6.07) is 7.24. The fourth-order valence-corrected chi connectivity index (χ4v) is 4.32. The van der Waals surface area contributed by atoms with E-state index in [2.05, 4.69) is 10.7 Å². The van der Waals surface area contributed by atoms with Crippen LogP contribution in [0.5, 0.6) is 5.75 Å². The van der Waals surface area contributed by atoms with Gasteiger partial charge < -0.3 is 19.9 Å². The Morgan fingerprint density at radius 1 is 1.57 bits per heavy atom. The summed E-state index contributed by atoms with van der Waals surface area (Å²) in [5.41, 5.74) is 5.08. The molecule has 1 atom stereocenters. The zero-order chi connectivity index (χ0) is 20.1. The van der Waals surface area contributed by atoms with Crippen LogP contribution in [0.3, 0.4) is 0 Å². The molecule has 0 spiro atoms. The molecular formula is C17H19N3O5S3. The van der Waals surface area contributed by atoms with Crippen LogP contribution in [0.1, 0.15) is 18.9 Å². The highest BCUT2D eigenvalue weighted by atomic mass is 32.2. The SMILES string of the molecule is CC1Cc2c(cc(OCCC(=O)O)cc2NN(O)Sc2cccs2)NC(=S)O1. The van der Waals surface area contributed by atoms with E-state index in [4.69, 9.17) is 26.8 Å². The molecule has 4 N–H and O–H groups in total. The summed E-state index contributed by atoms with van der Waals surface area (Å²) in [5, 5.41) is 24.3. The summed E-state index contributed by atoms with van der Waals surface area (Å²) in [7, 11) is 0. The van der Waals surface area contributed by atoms with Crippen LogP contribution in [-0.4, -0.2) is 38.7 Å². The largest absolute Gasteiger partial charge is 0.493 e. The number of ether oxygens (including phenoxy) is 2. The van der Waals surface area contributed by atoms with Crippen molar-refractivity contribution in [3.05, 3.63) is 35.2 Å². The van der Waals surface area contributed by atoms with Gasteiger partial charge in [0, 0.05) is 36.1 Å². The van der Waals surface area contributed by atoms with Crippen LogP contribution in [0.2, 0.25) is 0 Å². The number of anilines is 2. The summed E-state index contributed by atoms with van der Waals surface area (Å²) in [6.45, 7) is 1.93. The number of thiocarbonyl (C=S) groups is 1. The molecule has 2 aromatic rings. The zero-order valence-electron chi connectivity index (χ0n) is 14.9. The smallest absolute Gasteiger partial charge is 0.306 e. The van der Waals surface area contributed by atoms with Gasteiger partial charge in [-0.1, -0.05) is 6.07 Å². The second kappa shape index (κ2) is 9.43. The van der Waals surface area contributed by atoms with Gasteiger partial charge in [-0.05, 0) is 35.2 Å². The topological polar surface area (TPSA) is 103 Å². The molecule has 0 bridgehead atoms. The summed E-state index contributed by atoms with van der Waals surface area (Å²) >= 11 is 7.82. The Morgan fingerprint density at radius 3 is 3.11 bits per heavy atom. The number of hydrogen-bond donors (Lipinski definition) is 4. The first-order valence-electron chi connectivity index (χ1n) is 8.37. The number of benzene rings is 1. The van der Waals surface area contributed by atoms with E-state index in [1.807, 2.05) is 24.4 Å². The molecule has 0 saturated heterocycles. The van der Waals surface area contributed by atoms with Crippen LogP contribution in [0, 0.1) is 0 Å². The van der Waals surface area contributed by atoms with Crippen molar-refractivity contribution in [2.45, 2.75) is 30.1 Å². The lowest BCUT2D eigenvalue weighted by atomic mass is 10.0. The van der Waals surface area contributed by atoms with Crippen LogP contribution >= 0.6 is 35.5 Å². The lowest BCUT2D eigenvalue weighted by Gasteiger charge is -2.20. The molecule has 0 fully saturated rings. The second-order valence-corrected chi connectivity index (χ2v) is 8.49. The van der Waals surface area contributed by atoms with Crippen molar-refractivity contribution in [2.75, 3.05) is 17.3 Å². The number of carboxylic acid groups (broad SMARTS) is 1. The summed E-state index contributed by atoms with van der Waals surface area (Å²) < 4.78 is 13.0. The van der Waals surface area contributed by atoms with Crippen LogP contribution in [0.25, 0.3) is 0 Å². The maximum Gasteiger partial charge on any atom is 0.306 e. The molecule has 0 amide bonds. The van der Waals surface area contributed by atoms with Gasteiger partial charge in [0.05, 0.1) is 28.6 Å². The molecule has 0 aliphatic carbocycles. The second-order valence-electron chi connectivity index (χ2n) is 5.94. The van der Waals surface area contributed by atoms with Crippen LogP contribution in [0.4, 0.5) is 11.4 Å². The minimum absolute atomic E-state index is 0.0255. The van der Waals surface area contributed by atoms with Crippen molar-refractivity contribution in [1.29, 1.82) is 0 Å². The van der Waals surface area contributed by atoms with E-state index in [0.717, 1.165) is 26.3 Å². The average molecular weight is 442 g/mol. The lowest BCUT2D eigenvalue weighted by Crippen LogP contribution is -2.20. The van der Waals surface area contributed by atoms with E-state index >= 15 is 0 Å². The number of hydrazine groups is 1. The molecule has 1 aliphatic heterocycles. The van der Waals surface area contributed by atoms with Crippen molar-refractivity contribution in [1.82, 2.24) is 4.58 Å². The van der Waals surface area contributed by atoms with E-state index < -0.39 is 5.97 Å². The number of aliphatic carboxylic acids is 1. The molecule has 1 aromatic heterocycles. The minimum Gasteiger partial charge on any atom is -0.493 e. The number of thiophene rings is 1. The molecule has 1 aromatic carbocycles. The van der Waals surface area contributed by atoms with E-state index in [1.165, 1.54) is 11.3 Å². The molecule has 11 heteroatoms. The molecule has 28 heavy (non-hydrogen) atoms. The Kier molecular flexibility index (Phi) is 6.97. The number of carbonyl (C=O) groups is 1. The fourth-order valence-electron chi connectivity index (χ4n) is 2.59. The van der Waals surface area contributed by atoms with Gasteiger partial charge in [0.2, 0.25) is 0 Å². The first-order valence-corrected chi connectivity index (χ1v) is 10.4. The third-order valence-corrected chi connectivity index (χ3v) is 5.68. The summed E-state index contributed by atoms with van der Waals surface area (Å²) in [5.74, 6) is -0.495. The van der Waals surface area contributed by atoms with E-state index in [9.17, 15) is 10.0 Å². The maximum absolute atomic E-state index is 10.7. The van der Waals surface area contributed by atoms with Crippen LogP contribution in [-0.2, 0) is 16.0 Å². The highest BCUT2D eigenvalue weighted by Gasteiger charge is 2.22. The molecular weight excluding hydrogens is 422 g/mol. The first-order chi connectivity index (χ1) is 13.4. The zero-order valence-corrected chi connectivity index (χ0v) is 17.3. The monoisotopic (exact) mass is 441 g/mol. The van der Waals surface area contributed by atoms with E-state index in [1.54, 1.807) is 12.1 Å². The van der Waals surface area contributed by atoms with Crippen LogP contribution < -0.4 is 15.5 Å². The van der Waals surface area contributed by atoms with E-state index in [0.29, 0.717) is 23.5 Å². The van der Waals surface area contributed by atoms with E-state index in [-0.39, 0.29) is 24.3 Å². The van der Waals surface area contributed by atoms with Crippen molar-refractivity contribution in [3.63, 3.8) is 0 Å². The molecule has 1 aliphatic rings. The van der Waals surface area contributed by atoms with Gasteiger partial charge in [0.15, 0.2) is 0 Å². The number of carboxylic acids is 1. The molecule has 0 saturated carbocycles. The van der Waals surface area contributed by atoms with Crippen molar-refractivity contribution >= 4 is 58.0 Å². The number of nitrogens with zero attached hydrogens (tertiary/aromatic N) is 1. The normalized spacial score (nSPS) is 16.0. The highest BCUT2D eigenvalue weighted by Crippen LogP contribution is 2.36. The van der Waals surface area contributed by atoms with Gasteiger partial charge in [-0.3, -0.25) is 15.4 Å². The molecule has 150 valence electrons. The minimum atomic E-state index is -0.941. The Labute approximate surface area is 175 Å².